The molecule has 20 heavy (non-hydrogen) atoms. The summed E-state index contributed by atoms with van der Waals surface area (Å²) < 4.78 is 6.07. The van der Waals surface area contributed by atoms with Crippen LogP contribution in [0.15, 0.2) is 12.2 Å². The van der Waals surface area contributed by atoms with Crippen LogP contribution in [0, 0.1) is 27.7 Å². The largest absolute Gasteiger partial charge is 0.361 e. The molecule has 2 nitrogen and oxygen atoms in total. The number of ether oxygens (including phenoxy) is 1. The van der Waals surface area contributed by atoms with E-state index in [1.54, 1.807) is 0 Å². The summed E-state index contributed by atoms with van der Waals surface area (Å²) in [5.74, 6) is 0.0883. The van der Waals surface area contributed by atoms with Gasteiger partial charge in [0.05, 0.1) is 6.10 Å². The SMILES string of the molecule is C=C(C(=O)CC)C1OC(C)c2c(C)c(C)c(C)c(C)c21. The average molecular weight is 272 g/mol. The van der Waals surface area contributed by atoms with Crippen LogP contribution in [-0.2, 0) is 9.53 Å². The summed E-state index contributed by atoms with van der Waals surface area (Å²) in [6, 6.07) is 0. The number of Topliss-reactive ketones (excluding diaryl/α,β-unsaturated/α-hetero) is 1. The van der Waals surface area contributed by atoms with Crippen LogP contribution < -0.4 is 0 Å². The Labute approximate surface area is 121 Å². The van der Waals surface area contributed by atoms with E-state index in [2.05, 4.69) is 41.2 Å². The Morgan fingerprint density at radius 2 is 1.55 bits per heavy atom. The number of ketones is 1. The third kappa shape index (κ3) is 2.03. The molecule has 0 radical (unpaired) electrons. The first-order chi connectivity index (χ1) is 9.31. The van der Waals surface area contributed by atoms with E-state index in [9.17, 15) is 4.79 Å². The lowest BCUT2D eigenvalue weighted by Gasteiger charge is -2.19. The van der Waals surface area contributed by atoms with Gasteiger partial charge in [-0.1, -0.05) is 13.5 Å². The highest BCUT2D eigenvalue weighted by Gasteiger charge is 2.36. The molecule has 1 aliphatic heterocycles. The van der Waals surface area contributed by atoms with Crippen molar-refractivity contribution in [2.75, 3.05) is 0 Å². The van der Waals surface area contributed by atoms with Crippen molar-refractivity contribution in [1.29, 1.82) is 0 Å². The lowest BCUT2D eigenvalue weighted by atomic mass is 9.84. The van der Waals surface area contributed by atoms with Gasteiger partial charge in [-0.15, -0.1) is 0 Å². The molecule has 0 spiro atoms. The highest BCUT2D eigenvalue weighted by molar-refractivity contribution is 5.96. The first-order valence-electron chi connectivity index (χ1n) is 7.28. The van der Waals surface area contributed by atoms with Crippen LogP contribution >= 0.6 is 0 Å². The Balaban J connectivity index is 2.64. The van der Waals surface area contributed by atoms with Crippen molar-refractivity contribution < 1.29 is 9.53 Å². The third-order valence-corrected chi connectivity index (χ3v) is 4.79. The van der Waals surface area contributed by atoms with E-state index in [0.29, 0.717) is 12.0 Å². The van der Waals surface area contributed by atoms with Gasteiger partial charge in [0.25, 0.3) is 0 Å². The first kappa shape index (κ1) is 15.0. The molecule has 0 saturated carbocycles. The van der Waals surface area contributed by atoms with Gasteiger partial charge in [0.15, 0.2) is 5.78 Å². The Bertz CT molecular complexity index is 596. The van der Waals surface area contributed by atoms with Gasteiger partial charge in [0.1, 0.15) is 6.10 Å². The molecule has 108 valence electrons. The summed E-state index contributed by atoms with van der Waals surface area (Å²) >= 11 is 0. The van der Waals surface area contributed by atoms with Crippen LogP contribution in [0.4, 0.5) is 0 Å². The zero-order valence-corrected chi connectivity index (χ0v) is 13.4. The molecule has 0 aromatic heterocycles. The lowest BCUT2D eigenvalue weighted by molar-refractivity contribution is -0.116. The second kappa shape index (κ2) is 5.17. The predicted octanol–water partition coefficient (Wildman–Crippen LogP) is 4.59. The molecule has 2 heteroatoms. The fourth-order valence-electron chi connectivity index (χ4n) is 3.20. The van der Waals surface area contributed by atoms with Crippen LogP contribution in [-0.4, -0.2) is 5.78 Å². The average Bonchev–Trinajstić information content (AvgIpc) is 2.78. The molecule has 1 aromatic rings. The molecule has 0 amide bonds. The van der Waals surface area contributed by atoms with Crippen LogP contribution in [0.5, 0.6) is 0 Å². The van der Waals surface area contributed by atoms with Gasteiger partial charge in [-0.3, -0.25) is 4.79 Å². The molecule has 1 heterocycles. The number of rotatable bonds is 3. The topological polar surface area (TPSA) is 26.3 Å². The smallest absolute Gasteiger partial charge is 0.160 e. The summed E-state index contributed by atoms with van der Waals surface area (Å²) in [6.45, 7) is 16.5. The molecule has 2 rings (SSSR count). The molecule has 0 bridgehead atoms. The first-order valence-corrected chi connectivity index (χ1v) is 7.28. The maximum absolute atomic E-state index is 12.0. The Hall–Kier alpha value is -1.41. The number of fused-ring (bicyclic) bond motifs is 1. The maximum atomic E-state index is 12.0. The van der Waals surface area contributed by atoms with Gasteiger partial charge in [-0.25, -0.2) is 0 Å². The van der Waals surface area contributed by atoms with Crippen LogP contribution in [0.25, 0.3) is 0 Å². The minimum Gasteiger partial charge on any atom is -0.361 e. The predicted molar refractivity (Wildman–Crippen MR) is 82.1 cm³/mol. The molecule has 0 saturated heterocycles. The minimum atomic E-state index is -0.273. The summed E-state index contributed by atoms with van der Waals surface area (Å²) in [5.41, 5.74) is 8.15. The summed E-state index contributed by atoms with van der Waals surface area (Å²) in [4.78, 5) is 12.0. The van der Waals surface area contributed by atoms with Crippen LogP contribution in [0.2, 0.25) is 0 Å². The zero-order valence-electron chi connectivity index (χ0n) is 13.4. The highest BCUT2D eigenvalue weighted by Crippen LogP contribution is 2.47. The standard InChI is InChI=1S/C18H24O2/c1-8-15(19)13(6)18-17-12(5)10(3)9(2)11(4)16(17)14(7)20-18/h14,18H,6,8H2,1-5,7H3. The fourth-order valence-corrected chi connectivity index (χ4v) is 3.20. The normalized spacial score (nSPS) is 20.9. The van der Waals surface area contributed by atoms with Crippen LogP contribution in [0.1, 0.15) is 65.9 Å². The second-order valence-corrected chi connectivity index (χ2v) is 5.79. The Morgan fingerprint density at radius 1 is 1.05 bits per heavy atom. The third-order valence-electron chi connectivity index (χ3n) is 4.79. The van der Waals surface area contributed by atoms with E-state index >= 15 is 0 Å². The highest BCUT2D eigenvalue weighted by atomic mass is 16.5. The van der Waals surface area contributed by atoms with E-state index < -0.39 is 0 Å². The van der Waals surface area contributed by atoms with E-state index in [-0.39, 0.29) is 18.0 Å². The molecule has 0 aliphatic carbocycles. The fraction of sp³-hybridized carbons (Fsp3) is 0.500. The molecule has 0 N–H and O–H groups in total. The molecule has 1 aromatic carbocycles. The molecular weight excluding hydrogens is 248 g/mol. The van der Waals surface area contributed by atoms with Gasteiger partial charge in [-0.05, 0) is 68.0 Å². The molecule has 2 atom stereocenters. The molecule has 0 fully saturated rings. The van der Waals surface area contributed by atoms with Crippen molar-refractivity contribution in [2.24, 2.45) is 0 Å². The number of carbonyl (C=O) groups is 1. The van der Waals surface area contributed by atoms with E-state index in [4.69, 9.17) is 4.74 Å². The Kier molecular flexibility index (Phi) is 3.88. The summed E-state index contributed by atoms with van der Waals surface area (Å²) in [5, 5.41) is 0. The molecular formula is C18H24O2. The number of hydrogen-bond donors (Lipinski definition) is 0. The number of benzene rings is 1. The lowest BCUT2D eigenvalue weighted by Crippen LogP contribution is -2.11. The van der Waals surface area contributed by atoms with E-state index in [1.807, 2.05) is 6.92 Å². The quantitative estimate of drug-likeness (QED) is 0.752. The number of hydrogen-bond acceptors (Lipinski definition) is 2. The van der Waals surface area contributed by atoms with E-state index in [0.717, 1.165) is 0 Å². The number of carbonyl (C=O) groups excluding carboxylic acids is 1. The van der Waals surface area contributed by atoms with Gasteiger partial charge in [0, 0.05) is 12.0 Å². The minimum absolute atomic E-state index is 0.0226. The van der Waals surface area contributed by atoms with Crippen molar-refractivity contribution in [3.05, 3.63) is 45.5 Å². The maximum Gasteiger partial charge on any atom is 0.160 e. The Morgan fingerprint density at radius 3 is 2.05 bits per heavy atom. The van der Waals surface area contributed by atoms with Crippen LogP contribution in [0.3, 0.4) is 0 Å². The van der Waals surface area contributed by atoms with Crippen molar-refractivity contribution in [2.45, 2.75) is 60.2 Å². The van der Waals surface area contributed by atoms with Crippen molar-refractivity contribution >= 4 is 5.78 Å². The van der Waals surface area contributed by atoms with Gasteiger partial charge in [-0.2, -0.15) is 0 Å². The molecule has 1 aliphatic rings. The van der Waals surface area contributed by atoms with Gasteiger partial charge >= 0.3 is 0 Å². The van der Waals surface area contributed by atoms with Crippen molar-refractivity contribution in [3.63, 3.8) is 0 Å². The summed E-state index contributed by atoms with van der Waals surface area (Å²) in [6.07, 6.45) is 0.227. The van der Waals surface area contributed by atoms with E-state index in [1.165, 1.54) is 33.4 Å². The zero-order chi connectivity index (χ0) is 15.2. The summed E-state index contributed by atoms with van der Waals surface area (Å²) in [7, 11) is 0. The van der Waals surface area contributed by atoms with Gasteiger partial charge in [0.2, 0.25) is 0 Å². The molecule has 2 unspecified atom stereocenters. The van der Waals surface area contributed by atoms with Gasteiger partial charge < -0.3 is 4.74 Å². The van der Waals surface area contributed by atoms with Crippen molar-refractivity contribution in [1.82, 2.24) is 0 Å². The second-order valence-electron chi connectivity index (χ2n) is 5.79. The van der Waals surface area contributed by atoms with Crippen molar-refractivity contribution in [3.8, 4) is 0 Å². The monoisotopic (exact) mass is 272 g/mol.